The molecule has 3 heterocycles. The van der Waals surface area contributed by atoms with E-state index in [9.17, 15) is 8.78 Å². The molecule has 0 atom stereocenters. The first-order valence-corrected chi connectivity index (χ1v) is 9.09. The Kier molecular flexibility index (Phi) is 4.76. The zero-order valence-electron chi connectivity index (χ0n) is 14.9. The van der Waals surface area contributed by atoms with Crippen molar-refractivity contribution in [3.63, 3.8) is 0 Å². The largest absolute Gasteiger partial charge is 0.467 e. The number of fused-ring (bicyclic) bond motifs is 1. The van der Waals surface area contributed by atoms with Crippen LogP contribution in [0.25, 0.3) is 22.6 Å². The lowest BCUT2D eigenvalue weighted by molar-refractivity contribution is 0.380. The SMILES string of the molecule is COc1nc(C)c2nc(-c3cncc(F)c3)n(Cc3cc(Br)ccc3F)c2n1. The summed E-state index contributed by atoms with van der Waals surface area (Å²) in [4.78, 5) is 17.1. The van der Waals surface area contributed by atoms with E-state index in [1.165, 1.54) is 25.4 Å². The number of imidazole rings is 1. The minimum Gasteiger partial charge on any atom is -0.467 e. The van der Waals surface area contributed by atoms with Crippen LogP contribution in [0.2, 0.25) is 0 Å². The van der Waals surface area contributed by atoms with Crippen molar-refractivity contribution in [2.24, 2.45) is 0 Å². The van der Waals surface area contributed by atoms with Gasteiger partial charge in [-0.15, -0.1) is 0 Å². The number of nitrogens with zero attached hydrogens (tertiary/aromatic N) is 5. The van der Waals surface area contributed by atoms with E-state index >= 15 is 0 Å². The molecule has 0 saturated carbocycles. The Hall–Kier alpha value is -2.94. The lowest BCUT2D eigenvalue weighted by Gasteiger charge is -2.11. The number of hydrogen-bond acceptors (Lipinski definition) is 5. The highest BCUT2D eigenvalue weighted by molar-refractivity contribution is 9.10. The molecule has 0 N–H and O–H groups in total. The van der Waals surface area contributed by atoms with Crippen LogP contribution >= 0.6 is 15.9 Å². The van der Waals surface area contributed by atoms with Gasteiger partial charge in [-0.25, -0.2) is 13.8 Å². The number of rotatable bonds is 4. The van der Waals surface area contributed by atoms with Crippen LogP contribution in [0.3, 0.4) is 0 Å². The van der Waals surface area contributed by atoms with E-state index < -0.39 is 5.82 Å². The Morgan fingerprint density at radius 1 is 1.11 bits per heavy atom. The van der Waals surface area contributed by atoms with Gasteiger partial charge in [-0.05, 0) is 31.2 Å². The Balaban J connectivity index is 1.99. The van der Waals surface area contributed by atoms with Crippen LogP contribution in [0, 0.1) is 18.6 Å². The molecule has 0 aliphatic carbocycles. The topological polar surface area (TPSA) is 65.7 Å². The smallest absolute Gasteiger partial charge is 0.318 e. The summed E-state index contributed by atoms with van der Waals surface area (Å²) in [5.74, 6) is -0.455. The van der Waals surface area contributed by atoms with Gasteiger partial charge < -0.3 is 9.30 Å². The van der Waals surface area contributed by atoms with Gasteiger partial charge in [-0.3, -0.25) is 4.98 Å². The number of methoxy groups -OCH3 is 1. The van der Waals surface area contributed by atoms with Gasteiger partial charge in [-0.1, -0.05) is 15.9 Å². The van der Waals surface area contributed by atoms with Crippen molar-refractivity contribution in [3.05, 3.63) is 64.0 Å². The first-order valence-electron chi connectivity index (χ1n) is 8.30. The van der Waals surface area contributed by atoms with Gasteiger partial charge in [0.2, 0.25) is 0 Å². The minimum absolute atomic E-state index is 0.132. The molecule has 0 amide bonds. The second kappa shape index (κ2) is 7.23. The molecule has 0 radical (unpaired) electrons. The van der Waals surface area contributed by atoms with Crippen LogP contribution in [0.4, 0.5) is 8.78 Å². The van der Waals surface area contributed by atoms with Crippen LogP contribution < -0.4 is 4.74 Å². The maximum absolute atomic E-state index is 14.4. The molecule has 0 aliphatic heterocycles. The van der Waals surface area contributed by atoms with Gasteiger partial charge in [0.1, 0.15) is 23.0 Å². The fourth-order valence-corrected chi connectivity index (χ4v) is 3.35. The van der Waals surface area contributed by atoms with E-state index in [1.807, 2.05) is 0 Å². The van der Waals surface area contributed by atoms with Gasteiger partial charge in [0.05, 0.1) is 25.5 Å². The summed E-state index contributed by atoms with van der Waals surface area (Å²) in [6.07, 6.45) is 2.61. The minimum atomic E-state index is -0.495. The normalized spacial score (nSPS) is 11.2. The molecule has 0 spiro atoms. The molecule has 9 heteroatoms. The summed E-state index contributed by atoms with van der Waals surface area (Å²) in [6.45, 7) is 1.91. The lowest BCUT2D eigenvalue weighted by Crippen LogP contribution is -2.06. The lowest BCUT2D eigenvalue weighted by atomic mass is 10.2. The summed E-state index contributed by atoms with van der Waals surface area (Å²) in [6, 6.07) is 6.17. The number of pyridine rings is 1. The highest BCUT2D eigenvalue weighted by Gasteiger charge is 2.19. The van der Waals surface area contributed by atoms with Crippen molar-refractivity contribution in [3.8, 4) is 17.4 Å². The van der Waals surface area contributed by atoms with Crippen LogP contribution in [0.15, 0.2) is 41.1 Å². The second-order valence-corrected chi connectivity index (χ2v) is 7.03. The molecule has 4 aromatic rings. The van der Waals surface area contributed by atoms with Crippen LogP contribution in [0.5, 0.6) is 6.01 Å². The van der Waals surface area contributed by atoms with Crippen LogP contribution in [0.1, 0.15) is 11.3 Å². The Labute approximate surface area is 167 Å². The number of hydrogen-bond donors (Lipinski definition) is 0. The molecule has 0 saturated heterocycles. The van der Waals surface area contributed by atoms with Crippen molar-refractivity contribution in [1.29, 1.82) is 0 Å². The summed E-state index contributed by atoms with van der Waals surface area (Å²) >= 11 is 3.36. The highest BCUT2D eigenvalue weighted by Crippen LogP contribution is 2.28. The molecule has 0 bridgehead atoms. The molecule has 142 valence electrons. The van der Waals surface area contributed by atoms with Crippen molar-refractivity contribution >= 4 is 27.1 Å². The predicted octanol–water partition coefficient (Wildman–Crippen LogP) is 4.29. The molecule has 3 aromatic heterocycles. The number of halogens is 3. The third-order valence-corrected chi connectivity index (χ3v) is 4.72. The molecular formula is C19H14BrF2N5O. The quantitative estimate of drug-likeness (QED) is 0.468. The van der Waals surface area contributed by atoms with E-state index in [0.717, 1.165) is 10.7 Å². The van der Waals surface area contributed by atoms with Crippen molar-refractivity contribution in [2.75, 3.05) is 7.11 Å². The monoisotopic (exact) mass is 445 g/mol. The van der Waals surface area contributed by atoms with Gasteiger partial charge in [-0.2, -0.15) is 9.97 Å². The number of benzene rings is 1. The summed E-state index contributed by atoms with van der Waals surface area (Å²) < 4.78 is 35.8. The third kappa shape index (κ3) is 3.33. The van der Waals surface area contributed by atoms with Crippen molar-refractivity contribution in [1.82, 2.24) is 24.5 Å². The van der Waals surface area contributed by atoms with Gasteiger partial charge in [0.15, 0.2) is 5.65 Å². The molecule has 0 fully saturated rings. The van der Waals surface area contributed by atoms with E-state index in [1.54, 1.807) is 23.6 Å². The van der Waals surface area contributed by atoms with E-state index in [0.29, 0.717) is 33.8 Å². The number of aryl methyl sites for hydroxylation is 1. The molecule has 4 rings (SSSR count). The van der Waals surface area contributed by atoms with Crippen LogP contribution in [-0.4, -0.2) is 31.6 Å². The van der Waals surface area contributed by atoms with E-state index in [4.69, 9.17) is 4.74 Å². The zero-order valence-corrected chi connectivity index (χ0v) is 16.5. The summed E-state index contributed by atoms with van der Waals surface area (Å²) in [5.41, 5.74) is 2.46. The zero-order chi connectivity index (χ0) is 19.8. The molecule has 0 unspecified atom stereocenters. The number of ether oxygens (including phenoxy) is 1. The standard InChI is InChI=1S/C19H14BrF2N5O/c1-10-16-18(26-19(24-10)28-2)27(9-12-5-13(20)3-4-15(12)22)17(25-16)11-6-14(21)8-23-7-11/h3-8H,9H2,1-2H3. The van der Waals surface area contributed by atoms with Crippen molar-refractivity contribution < 1.29 is 13.5 Å². The summed E-state index contributed by atoms with van der Waals surface area (Å²) in [5, 5.41) is 0. The first-order chi connectivity index (χ1) is 13.5. The first kappa shape index (κ1) is 18.4. The van der Waals surface area contributed by atoms with Crippen molar-refractivity contribution in [2.45, 2.75) is 13.5 Å². The van der Waals surface area contributed by atoms with Gasteiger partial charge in [0.25, 0.3) is 0 Å². The molecular weight excluding hydrogens is 432 g/mol. The average molecular weight is 446 g/mol. The average Bonchev–Trinajstić information content (AvgIpc) is 3.03. The summed E-state index contributed by atoms with van der Waals surface area (Å²) in [7, 11) is 1.46. The molecule has 6 nitrogen and oxygen atoms in total. The fourth-order valence-electron chi connectivity index (χ4n) is 2.94. The Morgan fingerprint density at radius 3 is 2.68 bits per heavy atom. The molecule has 0 aliphatic rings. The maximum atomic E-state index is 14.4. The molecule has 1 aromatic carbocycles. The van der Waals surface area contributed by atoms with Gasteiger partial charge in [0, 0.05) is 21.8 Å². The fraction of sp³-hybridized carbons (Fsp3) is 0.158. The van der Waals surface area contributed by atoms with E-state index in [-0.39, 0.29) is 18.4 Å². The number of aromatic nitrogens is 5. The third-order valence-electron chi connectivity index (χ3n) is 4.23. The second-order valence-electron chi connectivity index (χ2n) is 6.12. The highest BCUT2D eigenvalue weighted by atomic mass is 79.9. The molecule has 28 heavy (non-hydrogen) atoms. The van der Waals surface area contributed by atoms with Gasteiger partial charge >= 0.3 is 6.01 Å². The Bertz CT molecular complexity index is 1190. The van der Waals surface area contributed by atoms with Crippen LogP contribution in [-0.2, 0) is 6.54 Å². The maximum Gasteiger partial charge on any atom is 0.318 e. The predicted molar refractivity (Wildman–Crippen MR) is 103 cm³/mol. The van der Waals surface area contributed by atoms with E-state index in [2.05, 4.69) is 35.9 Å². The Morgan fingerprint density at radius 2 is 1.93 bits per heavy atom.